The van der Waals surface area contributed by atoms with E-state index in [0.29, 0.717) is 16.9 Å². The average molecular weight is 357 g/mol. The van der Waals surface area contributed by atoms with Gasteiger partial charge in [-0.25, -0.2) is 4.79 Å². The van der Waals surface area contributed by atoms with Crippen LogP contribution in [0.5, 0.6) is 0 Å². The molecule has 3 aromatic rings. The van der Waals surface area contributed by atoms with Crippen molar-refractivity contribution in [2.45, 2.75) is 59.5 Å². The van der Waals surface area contributed by atoms with Crippen LogP contribution in [-0.4, -0.2) is 23.1 Å². The minimum absolute atomic E-state index is 0.214. The minimum Gasteiger partial charge on any atom is -0.314 e. The summed E-state index contributed by atoms with van der Waals surface area (Å²) in [4.78, 5) is 30.2. The SMILES string of the molecule is C=C(C)Cn1c(=O)c2c(nc3n(CCCCCC)c(C)cn23)n(C)c1=O. The zero-order valence-electron chi connectivity index (χ0n) is 16.1. The third-order valence-electron chi connectivity index (χ3n) is 4.80. The lowest BCUT2D eigenvalue weighted by Gasteiger charge is -2.07. The van der Waals surface area contributed by atoms with E-state index in [1.54, 1.807) is 14.0 Å². The lowest BCUT2D eigenvalue weighted by Crippen LogP contribution is -2.39. The van der Waals surface area contributed by atoms with Crippen LogP contribution in [0.2, 0.25) is 0 Å². The average Bonchev–Trinajstić information content (AvgIpc) is 3.09. The van der Waals surface area contributed by atoms with Gasteiger partial charge in [0.15, 0.2) is 11.2 Å². The van der Waals surface area contributed by atoms with Crippen molar-refractivity contribution >= 4 is 16.9 Å². The highest BCUT2D eigenvalue weighted by Gasteiger charge is 2.19. The van der Waals surface area contributed by atoms with Crippen molar-refractivity contribution in [3.63, 3.8) is 0 Å². The molecule has 0 saturated carbocycles. The number of fused-ring (bicyclic) bond motifs is 3. The second-order valence-corrected chi connectivity index (χ2v) is 7.13. The number of rotatable bonds is 7. The van der Waals surface area contributed by atoms with E-state index in [0.717, 1.165) is 24.2 Å². The van der Waals surface area contributed by atoms with Gasteiger partial charge in [0.25, 0.3) is 5.56 Å². The lowest BCUT2D eigenvalue weighted by molar-refractivity contribution is 0.583. The van der Waals surface area contributed by atoms with E-state index < -0.39 is 0 Å². The predicted molar refractivity (Wildman–Crippen MR) is 104 cm³/mol. The number of allylic oxidation sites excluding steroid dienone is 1. The van der Waals surface area contributed by atoms with Gasteiger partial charge in [0, 0.05) is 25.5 Å². The second kappa shape index (κ2) is 6.97. The maximum Gasteiger partial charge on any atom is 0.332 e. The van der Waals surface area contributed by atoms with Gasteiger partial charge < -0.3 is 4.57 Å². The summed E-state index contributed by atoms with van der Waals surface area (Å²) >= 11 is 0. The van der Waals surface area contributed by atoms with Crippen molar-refractivity contribution in [3.8, 4) is 0 Å². The molecular formula is C19H27N5O2. The van der Waals surface area contributed by atoms with Gasteiger partial charge in [-0.3, -0.25) is 18.3 Å². The lowest BCUT2D eigenvalue weighted by atomic mass is 10.2. The predicted octanol–water partition coefficient (Wildman–Crippen LogP) is 2.61. The summed E-state index contributed by atoms with van der Waals surface area (Å²) in [6.45, 7) is 10.9. The maximum absolute atomic E-state index is 13.0. The number of aryl methyl sites for hydroxylation is 3. The molecule has 0 amide bonds. The quantitative estimate of drug-likeness (QED) is 0.482. The Morgan fingerprint density at radius 1 is 1.19 bits per heavy atom. The molecule has 0 aliphatic carbocycles. The first-order valence-corrected chi connectivity index (χ1v) is 9.19. The highest BCUT2D eigenvalue weighted by molar-refractivity contribution is 5.75. The van der Waals surface area contributed by atoms with Crippen LogP contribution in [0.15, 0.2) is 27.9 Å². The van der Waals surface area contributed by atoms with Crippen LogP contribution in [0.1, 0.15) is 45.2 Å². The van der Waals surface area contributed by atoms with Gasteiger partial charge in [-0.05, 0) is 20.3 Å². The fourth-order valence-corrected chi connectivity index (χ4v) is 3.44. The molecule has 0 aliphatic rings. The zero-order chi connectivity index (χ0) is 19.0. The van der Waals surface area contributed by atoms with Crippen molar-refractivity contribution in [1.82, 2.24) is 23.1 Å². The van der Waals surface area contributed by atoms with Crippen LogP contribution in [0.25, 0.3) is 16.9 Å². The third kappa shape index (κ3) is 2.91. The molecule has 0 atom stereocenters. The van der Waals surface area contributed by atoms with Gasteiger partial charge in [0.1, 0.15) is 0 Å². The van der Waals surface area contributed by atoms with Crippen molar-refractivity contribution < 1.29 is 0 Å². The van der Waals surface area contributed by atoms with Gasteiger partial charge in [0.2, 0.25) is 5.78 Å². The third-order valence-corrected chi connectivity index (χ3v) is 4.80. The number of hydrogen-bond donors (Lipinski definition) is 0. The van der Waals surface area contributed by atoms with Gasteiger partial charge in [0.05, 0.1) is 6.54 Å². The van der Waals surface area contributed by atoms with Crippen molar-refractivity contribution in [3.05, 3.63) is 44.9 Å². The highest BCUT2D eigenvalue weighted by Crippen LogP contribution is 2.17. The van der Waals surface area contributed by atoms with E-state index in [4.69, 9.17) is 0 Å². The number of nitrogens with zero attached hydrogens (tertiary/aromatic N) is 5. The fourth-order valence-electron chi connectivity index (χ4n) is 3.44. The number of aromatic nitrogens is 5. The maximum atomic E-state index is 13.0. The van der Waals surface area contributed by atoms with E-state index >= 15 is 0 Å². The Morgan fingerprint density at radius 2 is 1.92 bits per heavy atom. The van der Waals surface area contributed by atoms with Gasteiger partial charge in [-0.15, -0.1) is 0 Å². The molecule has 0 aromatic carbocycles. The molecule has 0 spiro atoms. The molecule has 0 fully saturated rings. The van der Waals surface area contributed by atoms with Crippen LogP contribution < -0.4 is 11.2 Å². The highest BCUT2D eigenvalue weighted by atomic mass is 16.2. The van der Waals surface area contributed by atoms with Crippen LogP contribution in [-0.2, 0) is 20.1 Å². The van der Waals surface area contributed by atoms with Crippen LogP contribution in [0.4, 0.5) is 0 Å². The minimum atomic E-state index is -0.363. The summed E-state index contributed by atoms with van der Waals surface area (Å²) in [5.74, 6) is 0.717. The summed E-state index contributed by atoms with van der Waals surface area (Å²) in [6.07, 6.45) is 6.58. The number of imidazole rings is 2. The molecule has 26 heavy (non-hydrogen) atoms. The topological polar surface area (TPSA) is 66.2 Å². The Labute approximate surface area is 152 Å². The van der Waals surface area contributed by atoms with Crippen molar-refractivity contribution in [2.24, 2.45) is 7.05 Å². The summed E-state index contributed by atoms with van der Waals surface area (Å²) in [6, 6.07) is 0. The Balaban J connectivity index is 2.20. The summed E-state index contributed by atoms with van der Waals surface area (Å²) in [5.41, 5.74) is 2.01. The summed E-state index contributed by atoms with van der Waals surface area (Å²) < 4.78 is 6.62. The molecule has 0 N–H and O–H groups in total. The molecule has 3 aromatic heterocycles. The van der Waals surface area contributed by atoms with Crippen LogP contribution in [0.3, 0.4) is 0 Å². The van der Waals surface area contributed by atoms with Crippen LogP contribution in [0, 0.1) is 6.92 Å². The van der Waals surface area contributed by atoms with E-state index in [1.165, 1.54) is 28.4 Å². The molecule has 7 heteroatoms. The summed E-state index contributed by atoms with van der Waals surface area (Å²) in [7, 11) is 1.66. The molecule has 0 aliphatic heterocycles. The molecular weight excluding hydrogens is 330 g/mol. The Kier molecular flexibility index (Phi) is 4.89. The van der Waals surface area contributed by atoms with Crippen molar-refractivity contribution in [1.29, 1.82) is 0 Å². The first-order chi connectivity index (χ1) is 12.4. The van der Waals surface area contributed by atoms with E-state index in [2.05, 4.69) is 23.1 Å². The molecule has 3 heterocycles. The molecule has 0 radical (unpaired) electrons. The molecule has 3 rings (SSSR count). The van der Waals surface area contributed by atoms with Gasteiger partial charge >= 0.3 is 5.69 Å². The molecule has 0 saturated heterocycles. The largest absolute Gasteiger partial charge is 0.332 e. The number of hydrogen-bond acceptors (Lipinski definition) is 3. The molecule has 0 bridgehead atoms. The summed E-state index contributed by atoms with van der Waals surface area (Å²) in [5, 5.41) is 0. The molecule has 140 valence electrons. The first-order valence-electron chi connectivity index (χ1n) is 9.19. The Morgan fingerprint density at radius 3 is 2.58 bits per heavy atom. The Bertz CT molecular complexity index is 1090. The molecule has 0 unspecified atom stereocenters. The van der Waals surface area contributed by atoms with E-state index in [9.17, 15) is 9.59 Å². The second-order valence-electron chi connectivity index (χ2n) is 7.13. The normalized spacial score (nSPS) is 11.7. The van der Waals surface area contributed by atoms with E-state index in [1.807, 2.05) is 17.5 Å². The standard InChI is InChI=1S/C19H27N5O2/c1-6-7-8-9-10-22-14(4)12-23-15-16(20-18(22)23)21(5)19(26)24(17(15)25)11-13(2)3/h12H,2,6-11H2,1,3-5H3. The van der Waals surface area contributed by atoms with E-state index in [-0.39, 0.29) is 17.8 Å². The zero-order valence-corrected chi connectivity index (χ0v) is 16.1. The monoisotopic (exact) mass is 357 g/mol. The van der Waals surface area contributed by atoms with Crippen LogP contribution >= 0.6 is 0 Å². The first kappa shape index (κ1) is 18.2. The fraction of sp³-hybridized carbons (Fsp3) is 0.526. The van der Waals surface area contributed by atoms with Crippen molar-refractivity contribution in [2.75, 3.05) is 0 Å². The Hall–Kier alpha value is -2.57. The smallest absolute Gasteiger partial charge is 0.314 e. The van der Waals surface area contributed by atoms with Gasteiger partial charge in [-0.1, -0.05) is 38.3 Å². The number of unbranched alkanes of at least 4 members (excludes halogenated alkanes) is 3. The van der Waals surface area contributed by atoms with Gasteiger partial charge in [-0.2, -0.15) is 4.98 Å². The molecule has 7 nitrogen and oxygen atoms in total.